The molecule has 0 saturated carbocycles. The van der Waals surface area contributed by atoms with Gasteiger partial charge in [0.2, 0.25) is 0 Å². The number of nitrogens with zero attached hydrogens (tertiary/aromatic N) is 2. The number of para-hydroxylation sites is 1. The molecule has 2 aromatic carbocycles. The Bertz CT molecular complexity index is 1010. The maximum atomic E-state index is 4.53. The molecular weight excluding hydrogens is 360 g/mol. The van der Waals surface area contributed by atoms with Crippen LogP contribution in [0.15, 0.2) is 65.6 Å². The van der Waals surface area contributed by atoms with Crippen molar-refractivity contribution in [1.29, 1.82) is 0 Å². The SMILES string of the molecule is CCCC(CCC)c1ccc(Cn2cc(-c3cscn3)c3ccccc32)cc1. The lowest BCUT2D eigenvalue weighted by Crippen LogP contribution is -2.01. The standard InChI is InChI=1S/C25H28N2S/c1-3-7-20(8-4-2)21-13-11-19(12-14-21)15-27-16-23(24-17-28-18-26-24)22-9-5-6-10-25(22)27/h5-6,9-14,16-18,20H,3-4,7-8,15H2,1-2H3. The number of thiazole rings is 1. The number of aromatic nitrogens is 2. The van der Waals surface area contributed by atoms with Crippen LogP contribution < -0.4 is 0 Å². The van der Waals surface area contributed by atoms with Gasteiger partial charge in [-0.1, -0.05) is 69.2 Å². The molecule has 0 aliphatic carbocycles. The van der Waals surface area contributed by atoms with Crippen LogP contribution in [0.3, 0.4) is 0 Å². The van der Waals surface area contributed by atoms with Crippen LogP contribution in [0.2, 0.25) is 0 Å². The van der Waals surface area contributed by atoms with E-state index in [0.29, 0.717) is 5.92 Å². The molecule has 0 fully saturated rings. The van der Waals surface area contributed by atoms with E-state index in [1.807, 2.05) is 5.51 Å². The zero-order valence-electron chi connectivity index (χ0n) is 16.8. The van der Waals surface area contributed by atoms with Crippen LogP contribution in [0.25, 0.3) is 22.2 Å². The first kappa shape index (κ1) is 18.9. The normalized spacial score (nSPS) is 11.5. The van der Waals surface area contributed by atoms with Gasteiger partial charge in [-0.15, -0.1) is 11.3 Å². The van der Waals surface area contributed by atoms with Crippen molar-refractivity contribution in [2.45, 2.75) is 52.0 Å². The first-order valence-corrected chi connectivity index (χ1v) is 11.3. The molecule has 0 atom stereocenters. The maximum Gasteiger partial charge on any atom is 0.0832 e. The van der Waals surface area contributed by atoms with Crippen molar-refractivity contribution in [3.63, 3.8) is 0 Å². The summed E-state index contributed by atoms with van der Waals surface area (Å²) in [5.74, 6) is 0.702. The highest BCUT2D eigenvalue weighted by Crippen LogP contribution is 2.31. The average molecular weight is 389 g/mol. The predicted octanol–water partition coefficient (Wildman–Crippen LogP) is 7.50. The summed E-state index contributed by atoms with van der Waals surface area (Å²) in [5.41, 5.74) is 8.30. The van der Waals surface area contributed by atoms with Gasteiger partial charge in [0.15, 0.2) is 0 Å². The highest BCUT2D eigenvalue weighted by atomic mass is 32.1. The molecular formula is C25H28N2S. The van der Waals surface area contributed by atoms with E-state index >= 15 is 0 Å². The predicted molar refractivity (Wildman–Crippen MR) is 121 cm³/mol. The van der Waals surface area contributed by atoms with Crippen LogP contribution in [0.4, 0.5) is 0 Å². The van der Waals surface area contributed by atoms with Gasteiger partial charge in [0.05, 0.1) is 11.2 Å². The second-order valence-electron chi connectivity index (χ2n) is 7.58. The van der Waals surface area contributed by atoms with E-state index in [1.54, 1.807) is 11.3 Å². The van der Waals surface area contributed by atoms with E-state index in [0.717, 1.165) is 12.2 Å². The fourth-order valence-corrected chi connectivity index (χ4v) is 4.75. The van der Waals surface area contributed by atoms with Crippen molar-refractivity contribution in [3.05, 3.63) is 76.7 Å². The molecule has 2 aromatic heterocycles. The summed E-state index contributed by atoms with van der Waals surface area (Å²) >= 11 is 1.65. The molecule has 0 unspecified atom stereocenters. The summed E-state index contributed by atoms with van der Waals surface area (Å²) in [4.78, 5) is 4.53. The smallest absolute Gasteiger partial charge is 0.0832 e. The molecule has 4 aromatic rings. The molecule has 0 aliphatic heterocycles. The van der Waals surface area contributed by atoms with Gasteiger partial charge in [0.1, 0.15) is 0 Å². The third-order valence-corrected chi connectivity index (χ3v) is 6.16. The molecule has 0 radical (unpaired) electrons. The van der Waals surface area contributed by atoms with Gasteiger partial charge in [-0.3, -0.25) is 0 Å². The Morgan fingerprint density at radius 2 is 1.71 bits per heavy atom. The summed E-state index contributed by atoms with van der Waals surface area (Å²) in [6.45, 7) is 5.46. The van der Waals surface area contributed by atoms with Crippen molar-refractivity contribution in [2.24, 2.45) is 0 Å². The zero-order valence-corrected chi connectivity index (χ0v) is 17.6. The van der Waals surface area contributed by atoms with Gasteiger partial charge in [0, 0.05) is 34.6 Å². The Morgan fingerprint density at radius 1 is 0.964 bits per heavy atom. The van der Waals surface area contributed by atoms with E-state index in [1.165, 1.54) is 53.3 Å². The first-order chi connectivity index (χ1) is 13.8. The first-order valence-electron chi connectivity index (χ1n) is 10.4. The largest absolute Gasteiger partial charge is 0.342 e. The second kappa shape index (κ2) is 8.74. The van der Waals surface area contributed by atoms with Crippen molar-refractivity contribution < 1.29 is 0 Å². The van der Waals surface area contributed by atoms with Gasteiger partial charge in [-0.2, -0.15) is 0 Å². The molecule has 0 bridgehead atoms. The molecule has 2 heterocycles. The average Bonchev–Trinajstić information content (AvgIpc) is 3.37. The molecule has 3 heteroatoms. The summed E-state index contributed by atoms with van der Waals surface area (Å²) in [6, 6.07) is 17.9. The van der Waals surface area contributed by atoms with E-state index < -0.39 is 0 Å². The number of fused-ring (bicyclic) bond motifs is 1. The minimum absolute atomic E-state index is 0.702. The molecule has 0 saturated heterocycles. The number of hydrogen-bond donors (Lipinski definition) is 0. The van der Waals surface area contributed by atoms with E-state index in [-0.39, 0.29) is 0 Å². The molecule has 144 valence electrons. The van der Waals surface area contributed by atoms with Crippen LogP contribution in [-0.2, 0) is 6.54 Å². The molecule has 4 rings (SSSR count). The minimum Gasteiger partial charge on any atom is -0.342 e. The number of rotatable bonds is 8. The minimum atomic E-state index is 0.702. The number of hydrogen-bond acceptors (Lipinski definition) is 2. The summed E-state index contributed by atoms with van der Waals surface area (Å²) in [7, 11) is 0. The van der Waals surface area contributed by atoms with Crippen molar-refractivity contribution >= 4 is 22.2 Å². The van der Waals surface area contributed by atoms with E-state index in [4.69, 9.17) is 0 Å². The maximum absolute atomic E-state index is 4.53. The van der Waals surface area contributed by atoms with Crippen molar-refractivity contribution in [3.8, 4) is 11.3 Å². The molecule has 0 amide bonds. The second-order valence-corrected chi connectivity index (χ2v) is 8.30. The third kappa shape index (κ3) is 3.90. The van der Waals surface area contributed by atoms with E-state index in [2.05, 4.69) is 83.5 Å². The lowest BCUT2D eigenvalue weighted by atomic mass is 9.90. The van der Waals surface area contributed by atoms with Gasteiger partial charge in [0.25, 0.3) is 0 Å². The van der Waals surface area contributed by atoms with Gasteiger partial charge in [-0.05, 0) is 36.0 Å². The van der Waals surface area contributed by atoms with Crippen LogP contribution >= 0.6 is 11.3 Å². The number of benzene rings is 2. The summed E-state index contributed by atoms with van der Waals surface area (Å²) < 4.78 is 2.36. The Labute approximate surface area is 171 Å². The van der Waals surface area contributed by atoms with Crippen molar-refractivity contribution in [2.75, 3.05) is 0 Å². The highest BCUT2D eigenvalue weighted by Gasteiger charge is 2.13. The summed E-state index contributed by atoms with van der Waals surface area (Å²) in [6.07, 6.45) is 7.33. The fraction of sp³-hybridized carbons (Fsp3) is 0.320. The lowest BCUT2D eigenvalue weighted by Gasteiger charge is -2.16. The Balaban J connectivity index is 1.62. The van der Waals surface area contributed by atoms with Crippen molar-refractivity contribution in [1.82, 2.24) is 9.55 Å². The van der Waals surface area contributed by atoms with Gasteiger partial charge >= 0.3 is 0 Å². The van der Waals surface area contributed by atoms with Gasteiger partial charge < -0.3 is 4.57 Å². The monoisotopic (exact) mass is 388 g/mol. The third-order valence-electron chi connectivity index (χ3n) is 5.58. The molecule has 0 N–H and O–H groups in total. The van der Waals surface area contributed by atoms with Crippen LogP contribution in [-0.4, -0.2) is 9.55 Å². The zero-order chi connectivity index (χ0) is 19.3. The molecule has 0 spiro atoms. The molecule has 2 nitrogen and oxygen atoms in total. The van der Waals surface area contributed by atoms with Crippen LogP contribution in [0, 0.1) is 0 Å². The lowest BCUT2D eigenvalue weighted by molar-refractivity contribution is 0.560. The van der Waals surface area contributed by atoms with E-state index in [9.17, 15) is 0 Å². The summed E-state index contributed by atoms with van der Waals surface area (Å²) in [5, 5.41) is 3.40. The molecule has 28 heavy (non-hydrogen) atoms. The van der Waals surface area contributed by atoms with Gasteiger partial charge in [-0.25, -0.2) is 4.98 Å². The topological polar surface area (TPSA) is 17.8 Å². The Hall–Kier alpha value is -2.39. The van der Waals surface area contributed by atoms with Crippen LogP contribution in [0.1, 0.15) is 56.6 Å². The van der Waals surface area contributed by atoms with Crippen LogP contribution in [0.5, 0.6) is 0 Å². The quantitative estimate of drug-likeness (QED) is 0.305. The highest BCUT2D eigenvalue weighted by molar-refractivity contribution is 7.07. The molecule has 0 aliphatic rings. The Kier molecular flexibility index (Phi) is 5.92. The Morgan fingerprint density at radius 3 is 2.39 bits per heavy atom. The fourth-order valence-electron chi connectivity index (χ4n) is 4.19.